The molecule has 0 aliphatic carbocycles. The first-order valence-electron chi connectivity index (χ1n) is 6.72. The van der Waals surface area contributed by atoms with Gasteiger partial charge in [0, 0.05) is 5.92 Å². The van der Waals surface area contributed by atoms with Crippen molar-refractivity contribution in [3.8, 4) is 0 Å². The molecule has 0 fully saturated rings. The van der Waals surface area contributed by atoms with Crippen LogP contribution < -0.4 is 0 Å². The van der Waals surface area contributed by atoms with Gasteiger partial charge in [-0.2, -0.15) is 0 Å². The summed E-state index contributed by atoms with van der Waals surface area (Å²) in [7, 11) is -1.56. The smallest absolute Gasteiger partial charge is 0.192 e. The van der Waals surface area contributed by atoms with Crippen molar-refractivity contribution in [2.75, 3.05) is 0 Å². The maximum Gasteiger partial charge on any atom is 0.192 e. The SMILES string of the molecule is CCC[C@@H](O[Si](CC)(CC)CC)[C@H](C)C=O. The summed E-state index contributed by atoms with van der Waals surface area (Å²) in [5.41, 5.74) is 0. The molecule has 3 heteroatoms. The number of hydrogen-bond acceptors (Lipinski definition) is 2. The summed E-state index contributed by atoms with van der Waals surface area (Å²) < 4.78 is 6.39. The van der Waals surface area contributed by atoms with Crippen LogP contribution in [0.15, 0.2) is 0 Å². The fraction of sp³-hybridized carbons (Fsp3) is 0.923. The van der Waals surface area contributed by atoms with Gasteiger partial charge in [0.2, 0.25) is 0 Å². The highest BCUT2D eigenvalue weighted by atomic mass is 28.4. The maximum atomic E-state index is 10.9. The summed E-state index contributed by atoms with van der Waals surface area (Å²) in [4.78, 5) is 10.9. The molecule has 16 heavy (non-hydrogen) atoms. The zero-order valence-corrected chi connectivity index (χ0v) is 12.6. The summed E-state index contributed by atoms with van der Waals surface area (Å²) in [6.07, 6.45) is 3.29. The van der Waals surface area contributed by atoms with Crippen molar-refractivity contribution in [1.82, 2.24) is 0 Å². The van der Waals surface area contributed by atoms with Gasteiger partial charge in [0.25, 0.3) is 0 Å². The average molecular weight is 244 g/mol. The van der Waals surface area contributed by atoms with Gasteiger partial charge < -0.3 is 9.22 Å². The van der Waals surface area contributed by atoms with E-state index < -0.39 is 8.32 Å². The van der Waals surface area contributed by atoms with E-state index >= 15 is 0 Å². The lowest BCUT2D eigenvalue weighted by Gasteiger charge is -2.34. The zero-order chi connectivity index (χ0) is 12.6. The topological polar surface area (TPSA) is 26.3 Å². The highest BCUT2D eigenvalue weighted by Crippen LogP contribution is 2.27. The van der Waals surface area contributed by atoms with E-state index in [-0.39, 0.29) is 12.0 Å². The first-order chi connectivity index (χ1) is 7.59. The first kappa shape index (κ1) is 15.8. The molecular formula is C13H28O2Si. The molecule has 0 unspecified atom stereocenters. The predicted molar refractivity (Wildman–Crippen MR) is 72.2 cm³/mol. The molecule has 2 nitrogen and oxygen atoms in total. The molecule has 0 aliphatic heterocycles. The van der Waals surface area contributed by atoms with E-state index in [9.17, 15) is 4.79 Å². The largest absolute Gasteiger partial charge is 0.413 e. The van der Waals surface area contributed by atoms with Gasteiger partial charge in [0.05, 0.1) is 6.10 Å². The second kappa shape index (κ2) is 8.01. The molecule has 0 heterocycles. The molecule has 0 bridgehead atoms. The fourth-order valence-corrected chi connectivity index (χ4v) is 5.10. The maximum absolute atomic E-state index is 10.9. The Morgan fingerprint density at radius 1 is 1.12 bits per heavy atom. The fourth-order valence-electron chi connectivity index (χ4n) is 2.12. The number of carbonyl (C=O) groups is 1. The first-order valence-corrected chi connectivity index (χ1v) is 9.25. The monoisotopic (exact) mass is 244 g/mol. The third kappa shape index (κ3) is 4.38. The summed E-state index contributed by atoms with van der Waals surface area (Å²) in [5, 5.41) is 0. The molecule has 0 amide bonds. The Hall–Kier alpha value is -0.153. The summed E-state index contributed by atoms with van der Waals surface area (Å²) in [5.74, 6) is 0.0384. The third-order valence-corrected chi connectivity index (χ3v) is 8.38. The molecule has 0 aromatic rings. The van der Waals surface area contributed by atoms with Gasteiger partial charge in [-0.25, -0.2) is 0 Å². The summed E-state index contributed by atoms with van der Waals surface area (Å²) in [6, 6.07) is 3.48. The minimum atomic E-state index is -1.56. The molecule has 0 saturated heterocycles. The van der Waals surface area contributed by atoms with E-state index in [1.54, 1.807) is 0 Å². The molecule has 96 valence electrons. The van der Waals surface area contributed by atoms with E-state index in [1.807, 2.05) is 6.92 Å². The van der Waals surface area contributed by atoms with Crippen LogP contribution in [-0.2, 0) is 9.22 Å². The van der Waals surface area contributed by atoms with Crippen LogP contribution in [0.5, 0.6) is 0 Å². The predicted octanol–water partition coefficient (Wildman–Crippen LogP) is 4.01. The Kier molecular flexibility index (Phi) is 7.94. The van der Waals surface area contributed by atoms with Crippen LogP contribution in [0.25, 0.3) is 0 Å². The summed E-state index contributed by atoms with van der Waals surface area (Å²) in [6.45, 7) is 10.8. The van der Waals surface area contributed by atoms with Crippen molar-refractivity contribution in [3.63, 3.8) is 0 Å². The van der Waals surface area contributed by atoms with Crippen LogP contribution in [0, 0.1) is 5.92 Å². The van der Waals surface area contributed by atoms with Crippen molar-refractivity contribution in [3.05, 3.63) is 0 Å². The Bertz CT molecular complexity index is 182. The molecular weight excluding hydrogens is 216 g/mol. The van der Waals surface area contributed by atoms with E-state index in [2.05, 4.69) is 27.7 Å². The van der Waals surface area contributed by atoms with Crippen LogP contribution in [-0.4, -0.2) is 20.7 Å². The van der Waals surface area contributed by atoms with Crippen LogP contribution in [0.3, 0.4) is 0 Å². The van der Waals surface area contributed by atoms with E-state index in [1.165, 1.54) is 0 Å². The molecule has 0 radical (unpaired) electrons. The third-order valence-electron chi connectivity index (χ3n) is 3.71. The lowest BCUT2D eigenvalue weighted by Crippen LogP contribution is -2.42. The lowest BCUT2D eigenvalue weighted by molar-refractivity contribution is -0.113. The van der Waals surface area contributed by atoms with Crippen molar-refractivity contribution < 1.29 is 9.22 Å². The molecule has 0 aliphatic rings. The van der Waals surface area contributed by atoms with E-state index in [4.69, 9.17) is 4.43 Å². The second-order valence-corrected chi connectivity index (χ2v) is 9.41. The normalized spacial score (nSPS) is 15.8. The van der Waals surface area contributed by atoms with Crippen molar-refractivity contribution in [1.29, 1.82) is 0 Å². The van der Waals surface area contributed by atoms with Crippen LogP contribution in [0.4, 0.5) is 0 Å². The Labute approximate surface area is 102 Å². The van der Waals surface area contributed by atoms with Crippen LogP contribution in [0.1, 0.15) is 47.5 Å². The second-order valence-electron chi connectivity index (χ2n) is 4.68. The highest BCUT2D eigenvalue weighted by Gasteiger charge is 2.33. The summed E-state index contributed by atoms with van der Waals surface area (Å²) >= 11 is 0. The van der Waals surface area contributed by atoms with Gasteiger partial charge >= 0.3 is 0 Å². The minimum absolute atomic E-state index is 0.0384. The molecule has 0 aromatic heterocycles. The standard InChI is InChI=1S/C13H28O2Si/c1-6-10-13(12(5)11-14)15-16(7-2,8-3)9-4/h11-13H,6-10H2,1-5H3/t12-,13-/m1/s1. The molecule has 0 N–H and O–H groups in total. The molecule has 0 aromatic carbocycles. The van der Waals surface area contributed by atoms with Gasteiger partial charge in [-0.05, 0) is 24.6 Å². The van der Waals surface area contributed by atoms with Gasteiger partial charge in [0.15, 0.2) is 8.32 Å². The van der Waals surface area contributed by atoms with Crippen molar-refractivity contribution >= 4 is 14.6 Å². The number of aldehydes is 1. The molecule has 0 spiro atoms. The van der Waals surface area contributed by atoms with Gasteiger partial charge in [-0.15, -0.1) is 0 Å². The van der Waals surface area contributed by atoms with Gasteiger partial charge in [-0.1, -0.05) is 41.0 Å². The zero-order valence-electron chi connectivity index (χ0n) is 11.6. The van der Waals surface area contributed by atoms with Crippen LogP contribution in [0.2, 0.25) is 18.1 Å². The average Bonchev–Trinajstić information content (AvgIpc) is 2.34. The number of hydrogen-bond donors (Lipinski definition) is 0. The molecule has 2 atom stereocenters. The van der Waals surface area contributed by atoms with E-state index in [0.717, 1.165) is 37.3 Å². The van der Waals surface area contributed by atoms with Gasteiger partial charge in [0.1, 0.15) is 6.29 Å². The Morgan fingerprint density at radius 2 is 1.62 bits per heavy atom. The highest BCUT2D eigenvalue weighted by molar-refractivity contribution is 6.73. The Balaban J connectivity index is 4.62. The lowest BCUT2D eigenvalue weighted by atomic mass is 10.0. The van der Waals surface area contributed by atoms with Gasteiger partial charge in [-0.3, -0.25) is 0 Å². The molecule has 0 saturated carbocycles. The van der Waals surface area contributed by atoms with Crippen molar-refractivity contribution in [2.45, 2.75) is 71.7 Å². The minimum Gasteiger partial charge on any atom is -0.413 e. The van der Waals surface area contributed by atoms with Crippen molar-refractivity contribution in [2.24, 2.45) is 5.92 Å². The quantitative estimate of drug-likeness (QED) is 0.452. The number of carbonyl (C=O) groups excluding carboxylic acids is 1. The van der Waals surface area contributed by atoms with Crippen LogP contribution >= 0.6 is 0 Å². The molecule has 0 rings (SSSR count). The number of rotatable bonds is 9. The van der Waals surface area contributed by atoms with E-state index in [0.29, 0.717) is 0 Å². The Morgan fingerprint density at radius 3 is 1.94 bits per heavy atom.